The molecule has 0 aromatic carbocycles. The summed E-state index contributed by atoms with van der Waals surface area (Å²) in [5.74, 6) is 0. The second kappa shape index (κ2) is 20.9. The molecule has 0 aromatic rings. The van der Waals surface area contributed by atoms with Gasteiger partial charge in [0.1, 0.15) is 0 Å². The summed E-state index contributed by atoms with van der Waals surface area (Å²) in [4.78, 5) is 0. The van der Waals surface area contributed by atoms with Crippen molar-refractivity contribution in [2.75, 3.05) is 19.7 Å². The molecule has 3 N–H and O–H groups in total. The average molecular weight is 315 g/mol. The number of rotatable bonds is 19. The molecule has 0 amide bonds. The van der Waals surface area contributed by atoms with Crippen LogP contribution in [0.3, 0.4) is 0 Å². The van der Waals surface area contributed by atoms with Crippen LogP contribution in [0.2, 0.25) is 0 Å². The molecule has 22 heavy (non-hydrogen) atoms. The van der Waals surface area contributed by atoms with Crippen molar-refractivity contribution in [1.29, 1.82) is 0 Å². The van der Waals surface area contributed by atoms with Gasteiger partial charge in [-0.15, -0.1) is 0 Å². The highest BCUT2D eigenvalue weighted by Gasteiger charge is 1.95. The minimum atomic E-state index is 0.318. The Labute approximate surface area is 140 Å². The Kier molecular flexibility index (Phi) is 20.8. The van der Waals surface area contributed by atoms with Crippen LogP contribution in [0.15, 0.2) is 0 Å². The molecule has 0 atom stereocenters. The van der Waals surface area contributed by atoms with Gasteiger partial charge in [-0.3, -0.25) is 0 Å². The minimum Gasteiger partial charge on any atom is -0.391 e. The maximum atomic E-state index is 8.67. The average Bonchev–Trinajstić information content (AvgIpc) is 2.54. The fraction of sp³-hybridized carbons (Fsp3) is 1.00. The van der Waals surface area contributed by atoms with E-state index in [2.05, 4.69) is 12.2 Å². The number of aliphatic hydroxyl groups is 1. The second-order valence-electron chi connectivity index (χ2n) is 6.89. The molecule has 0 bridgehead atoms. The molecule has 0 aliphatic carbocycles. The monoisotopic (exact) mass is 314 g/mol. The first-order valence-corrected chi connectivity index (χ1v) is 10.3. The molecule has 0 fully saturated rings. The Morgan fingerprint density at radius 2 is 0.864 bits per heavy atom. The molecule has 0 aromatic heterocycles. The third-order valence-electron chi connectivity index (χ3n) is 4.60. The highest BCUT2D eigenvalue weighted by atomic mass is 16.3. The molecule has 0 aliphatic heterocycles. The van der Waals surface area contributed by atoms with Crippen molar-refractivity contribution in [3.63, 3.8) is 0 Å². The van der Waals surface area contributed by atoms with Gasteiger partial charge < -0.3 is 10.4 Å². The molecule has 0 saturated carbocycles. The maximum Gasteiger partial charge on any atom is 0.0990 e. The summed E-state index contributed by atoms with van der Waals surface area (Å²) in [7, 11) is 0. The van der Waals surface area contributed by atoms with Crippen molar-refractivity contribution < 1.29 is 10.4 Å². The van der Waals surface area contributed by atoms with E-state index in [-0.39, 0.29) is 0 Å². The van der Waals surface area contributed by atoms with Gasteiger partial charge in [0.15, 0.2) is 0 Å². The highest BCUT2D eigenvalue weighted by Crippen LogP contribution is 2.13. The summed E-state index contributed by atoms with van der Waals surface area (Å²) in [5.41, 5.74) is 0. The number of unbranched alkanes of at least 4 members (excludes halogenated alkanes) is 15. The van der Waals surface area contributed by atoms with Crippen molar-refractivity contribution in [3.8, 4) is 0 Å². The summed E-state index contributed by atoms with van der Waals surface area (Å²) < 4.78 is 0. The van der Waals surface area contributed by atoms with Gasteiger partial charge in [0, 0.05) is 0 Å². The highest BCUT2D eigenvalue weighted by molar-refractivity contribution is 4.49. The lowest BCUT2D eigenvalue weighted by Crippen LogP contribution is -2.85. The molecule has 0 spiro atoms. The smallest absolute Gasteiger partial charge is 0.0990 e. The van der Waals surface area contributed by atoms with E-state index in [0.717, 1.165) is 6.54 Å². The van der Waals surface area contributed by atoms with Crippen LogP contribution in [0.1, 0.15) is 110 Å². The Hall–Kier alpha value is -0.0800. The largest absolute Gasteiger partial charge is 0.391 e. The van der Waals surface area contributed by atoms with Crippen molar-refractivity contribution in [2.24, 2.45) is 0 Å². The van der Waals surface area contributed by atoms with E-state index in [1.54, 1.807) is 0 Å². The fourth-order valence-electron chi connectivity index (χ4n) is 3.07. The van der Waals surface area contributed by atoms with Crippen LogP contribution in [0.25, 0.3) is 0 Å². The van der Waals surface area contributed by atoms with Crippen molar-refractivity contribution in [2.45, 2.75) is 110 Å². The maximum absolute atomic E-state index is 8.67. The molecule has 0 aliphatic rings. The molecule has 0 unspecified atom stereocenters. The van der Waals surface area contributed by atoms with Crippen molar-refractivity contribution >= 4 is 0 Å². The Balaban J connectivity index is 2.91. The molecule has 0 heterocycles. The van der Waals surface area contributed by atoms with Gasteiger partial charge in [-0.1, -0.05) is 96.8 Å². The lowest BCUT2D eigenvalue weighted by Gasteiger charge is -2.03. The predicted octanol–water partition coefficient (Wildman–Crippen LogP) is 4.80. The summed E-state index contributed by atoms with van der Waals surface area (Å²) >= 11 is 0. The zero-order valence-electron chi connectivity index (χ0n) is 15.5. The SMILES string of the molecule is CCCCCCCCCCCCCCCCCC[NH2+]CCO. The van der Waals surface area contributed by atoms with Crippen LogP contribution in [0.4, 0.5) is 0 Å². The first kappa shape index (κ1) is 21.9. The van der Waals surface area contributed by atoms with E-state index < -0.39 is 0 Å². The number of hydrogen-bond acceptors (Lipinski definition) is 1. The van der Waals surface area contributed by atoms with Gasteiger partial charge in [-0.05, 0) is 12.8 Å². The normalized spacial score (nSPS) is 11.2. The van der Waals surface area contributed by atoms with Gasteiger partial charge in [0.25, 0.3) is 0 Å². The van der Waals surface area contributed by atoms with Crippen LogP contribution >= 0.6 is 0 Å². The van der Waals surface area contributed by atoms with Gasteiger partial charge in [-0.25, -0.2) is 0 Å². The van der Waals surface area contributed by atoms with Crippen molar-refractivity contribution in [3.05, 3.63) is 0 Å². The van der Waals surface area contributed by atoms with Gasteiger partial charge in [-0.2, -0.15) is 0 Å². The number of hydrogen-bond donors (Lipinski definition) is 2. The van der Waals surface area contributed by atoms with Gasteiger partial charge >= 0.3 is 0 Å². The molecule has 2 heteroatoms. The van der Waals surface area contributed by atoms with Crippen LogP contribution in [-0.4, -0.2) is 24.8 Å². The molecular weight excluding hydrogens is 270 g/mol. The van der Waals surface area contributed by atoms with E-state index in [1.165, 1.54) is 109 Å². The summed E-state index contributed by atoms with van der Waals surface area (Å²) in [6.45, 7) is 4.68. The molecule has 0 radical (unpaired) electrons. The van der Waals surface area contributed by atoms with Crippen LogP contribution in [0.5, 0.6) is 0 Å². The van der Waals surface area contributed by atoms with Gasteiger partial charge in [0.05, 0.1) is 19.7 Å². The quantitative estimate of drug-likeness (QED) is 0.330. The molecule has 134 valence electrons. The second-order valence-corrected chi connectivity index (χ2v) is 6.89. The third-order valence-corrected chi connectivity index (χ3v) is 4.60. The van der Waals surface area contributed by atoms with E-state index >= 15 is 0 Å². The molecule has 2 nitrogen and oxygen atoms in total. The van der Waals surface area contributed by atoms with Gasteiger partial charge in [0.2, 0.25) is 0 Å². The first-order valence-electron chi connectivity index (χ1n) is 10.3. The topological polar surface area (TPSA) is 36.8 Å². The predicted molar refractivity (Wildman–Crippen MR) is 98.3 cm³/mol. The van der Waals surface area contributed by atoms with Crippen LogP contribution < -0.4 is 5.32 Å². The van der Waals surface area contributed by atoms with E-state index in [4.69, 9.17) is 5.11 Å². The van der Waals surface area contributed by atoms with E-state index in [1.807, 2.05) is 0 Å². The Morgan fingerprint density at radius 1 is 0.500 bits per heavy atom. The lowest BCUT2D eigenvalue weighted by atomic mass is 10.0. The van der Waals surface area contributed by atoms with Crippen LogP contribution in [-0.2, 0) is 0 Å². The van der Waals surface area contributed by atoms with Crippen LogP contribution in [0, 0.1) is 0 Å². The lowest BCUT2D eigenvalue weighted by molar-refractivity contribution is -0.656. The minimum absolute atomic E-state index is 0.318. The fourth-order valence-corrected chi connectivity index (χ4v) is 3.07. The Morgan fingerprint density at radius 3 is 1.23 bits per heavy atom. The number of aliphatic hydroxyl groups excluding tert-OH is 1. The zero-order valence-corrected chi connectivity index (χ0v) is 15.5. The summed E-state index contributed by atoms with van der Waals surface area (Å²) in [6.07, 6.45) is 22.9. The number of quaternary nitrogens is 1. The standard InChI is InChI=1S/C20H43NO/c1-2-3-4-5-6-7-8-9-10-11-12-13-14-15-16-17-18-21-19-20-22/h21-22H,2-20H2,1H3/p+1. The number of nitrogens with two attached hydrogens (primary N) is 1. The Bertz CT molecular complexity index is 165. The third kappa shape index (κ3) is 19.9. The molecule has 0 saturated heterocycles. The molecular formula is C20H44NO+. The zero-order chi connectivity index (χ0) is 16.1. The van der Waals surface area contributed by atoms with E-state index in [9.17, 15) is 0 Å². The first-order chi connectivity index (χ1) is 10.9. The van der Waals surface area contributed by atoms with E-state index in [0.29, 0.717) is 6.61 Å². The van der Waals surface area contributed by atoms with Crippen molar-refractivity contribution in [1.82, 2.24) is 0 Å². The molecule has 0 rings (SSSR count). The summed E-state index contributed by atoms with van der Waals surface area (Å²) in [6, 6.07) is 0. The summed E-state index contributed by atoms with van der Waals surface area (Å²) in [5, 5.41) is 10.9.